The van der Waals surface area contributed by atoms with E-state index in [0.717, 1.165) is 16.1 Å². The lowest BCUT2D eigenvalue weighted by Gasteiger charge is -2.06. The molecule has 0 aliphatic carbocycles. The number of aromatic nitrogens is 1. The Morgan fingerprint density at radius 3 is 2.82 bits per heavy atom. The molecule has 144 valence electrons. The van der Waals surface area contributed by atoms with Crippen molar-refractivity contribution >= 4 is 44.6 Å². The molecular weight excluding hydrogens is 450 g/mol. The molecule has 3 aromatic rings. The van der Waals surface area contributed by atoms with E-state index in [1.807, 2.05) is 18.2 Å². The van der Waals surface area contributed by atoms with Gasteiger partial charge in [-0.25, -0.2) is 9.78 Å². The van der Waals surface area contributed by atoms with Gasteiger partial charge in [-0.1, -0.05) is 15.9 Å². The average Bonchev–Trinajstić information content (AvgIpc) is 3.15. The third-order valence-electron chi connectivity index (χ3n) is 3.76. The molecular formula is C18H14BrN3O5S. The molecule has 0 saturated carbocycles. The number of nitrogen functional groups attached to an aromatic ring is 1. The second-order valence-corrected chi connectivity index (χ2v) is 7.37. The molecule has 8 nitrogen and oxygen atoms in total. The largest absolute Gasteiger partial charge is 0.496 e. The first-order chi connectivity index (χ1) is 13.4. The number of anilines is 1. The number of nitro benzene ring substituents is 1. The zero-order valence-corrected chi connectivity index (χ0v) is 17.0. The van der Waals surface area contributed by atoms with Crippen LogP contribution < -0.4 is 10.5 Å². The number of benzene rings is 2. The number of ether oxygens (including phenoxy) is 2. The number of carbonyl (C=O) groups is 1. The van der Waals surface area contributed by atoms with Crippen LogP contribution in [0.3, 0.4) is 0 Å². The van der Waals surface area contributed by atoms with Crippen molar-refractivity contribution in [1.29, 1.82) is 0 Å². The lowest BCUT2D eigenvalue weighted by Crippen LogP contribution is -2.07. The molecule has 0 bridgehead atoms. The summed E-state index contributed by atoms with van der Waals surface area (Å²) in [7, 11) is 1.58. The van der Waals surface area contributed by atoms with Gasteiger partial charge >= 0.3 is 5.97 Å². The number of methoxy groups -OCH3 is 1. The SMILES string of the molecule is COc1ccc(Br)cc1-c1nc(COC(=O)c2ccc(N)c([N+](=O)[O-])c2)cs1. The smallest absolute Gasteiger partial charge is 0.338 e. The number of nitro groups is 1. The minimum absolute atomic E-state index is 0.0198. The van der Waals surface area contributed by atoms with Gasteiger partial charge in [0, 0.05) is 15.9 Å². The molecule has 3 rings (SSSR count). The van der Waals surface area contributed by atoms with E-state index in [-0.39, 0.29) is 23.5 Å². The first-order valence-electron chi connectivity index (χ1n) is 7.88. The summed E-state index contributed by atoms with van der Waals surface area (Å²) in [4.78, 5) is 27.0. The van der Waals surface area contributed by atoms with Gasteiger partial charge in [-0.05, 0) is 30.3 Å². The van der Waals surface area contributed by atoms with Gasteiger partial charge in [0.2, 0.25) is 0 Å². The van der Waals surface area contributed by atoms with Crippen LogP contribution in [0.4, 0.5) is 11.4 Å². The summed E-state index contributed by atoms with van der Waals surface area (Å²) in [6.45, 7) is -0.0656. The highest BCUT2D eigenvalue weighted by molar-refractivity contribution is 9.10. The Balaban J connectivity index is 1.73. The molecule has 0 aliphatic rings. The van der Waals surface area contributed by atoms with Crippen LogP contribution in [0.2, 0.25) is 0 Å². The number of nitrogens with zero attached hydrogens (tertiary/aromatic N) is 2. The summed E-state index contributed by atoms with van der Waals surface area (Å²) in [6, 6.07) is 9.36. The summed E-state index contributed by atoms with van der Waals surface area (Å²) < 4.78 is 11.5. The molecule has 10 heteroatoms. The molecule has 0 amide bonds. The fourth-order valence-corrected chi connectivity index (χ4v) is 3.58. The van der Waals surface area contributed by atoms with Crippen molar-refractivity contribution < 1.29 is 19.2 Å². The van der Waals surface area contributed by atoms with Crippen LogP contribution in [0.25, 0.3) is 10.6 Å². The first kappa shape index (κ1) is 19.8. The van der Waals surface area contributed by atoms with Crippen molar-refractivity contribution in [1.82, 2.24) is 4.98 Å². The summed E-state index contributed by atoms with van der Waals surface area (Å²) in [6.07, 6.45) is 0. The molecule has 0 atom stereocenters. The van der Waals surface area contributed by atoms with Gasteiger partial charge in [-0.3, -0.25) is 10.1 Å². The second kappa shape index (κ2) is 8.36. The molecule has 0 spiro atoms. The molecule has 28 heavy (non-hydrogen) atoms. The fourth-order valence-electron chi connectivity index (χ4n) is 2.40. The van der Waals surface area contributed by atoms with Gasteiger partial charge < -0.3 is 15.2 Å². The Labute approximate surface area is 172 Å². The molecule has 2 N–H and O–H groups in total. The number of thiazole rings is 1. The Kier molecular flexibility index (Phi) is 5.90. The van der Waals surface area contributed by atoms with Crippen LogP contribution in [0, 0.1) is 10.1 Å². The third-order valence-corrected chi connectivity index (χ3v) is 5.18. The monoisotopic (exact) mass is 463 g/mol. The Hall–Kier alpha value is -2.98. The van der Waals surface area contributed by atoms with E-state index in [1.165, 1.54) is 23.5 Å². The van der Waals surface area contributed by atoms with E-state index in [0.29, 0.717) is 16.5 Å². The quantitative estimate of drug-likeness (QED) is 0.248. The lowest BCUT2D eigenvalue weighted by atomic mass is 10.2. The van der Waals surface area contributed by atoms with Gasteiger partial charge in [0.1, 0.15) is 23.1 Å². The number of halogens is 1. The van der Waals surface area contributed by atoms with Crippen molar-refractivity contribution in [2.75, 3.05) is 12.8 Å². The van der Waals surface area contributed by atoms with Gasteiger partial charge in [0.05, 0.1) is 28.9 Å². The molecule has 2 aromatic carbocycles. The summed E-state index contributed by atoms with van der Waals surface area (Å²) >= 11 is 4.81. The highest BCUT2D eigenvalue weighted by Gasteiger charge is 2.17. The number of esters is 1. The number of rotatable bonds is 6. The zero-order valence-electron chi connectivity index (χ0n) is 14.5. The predicted octanol–water partition coefficient (Wildman–Crippen LogP) is 4.43. The Bertz CT molecular complexity index is 1050. The molecule has 0 unspecified atom stereocenters. The lowest BCUT2D eigenvalue weighted by molar-refractivity contribution is -0.383. The van der Waals surface area contributed by atoms with Crippen molar-refractivity contribution in [2.45, 2.75) is 6.61 Å². The number of carbonyl (C=O) groups excluding carboxylic acids is 1. The third kappa shape index (κ3) is 4.29. The summed E-state index contributed by atoms with van der Waals surface area (Å²) in [5, 5.41) is 13.4. The van der Waals surface area contributed by atoms with E-state index < -0.39 is 10.9 Å². The van der Waals surface area contributed by atoms with Crippen LogP contribution in [0.1, 0.15) is 16.1 Å². The molecule has 0 fully saturated rings. The van der Waals surface area contributed by atoms with Crippen molar-refractivity contribution in [2.24, 2.45) is 0 Å². The van der Waals surface area contributed by atoms with E-state index in [9.17, 15) is 14.9 Å². The van der Waals surface area contributed by atoms with Crippen LogP contribution in [0.5, 0.6) is 5.75 Å². The standard InChI is InChI=1S/C18H14BrN3O5S/c1-26-16-5-3-11(19)7-13(16)17-21-12(9-28-17)8-27-18(23)10-2-4-14(20)15(6-10)22(24)25/h2-7,9H,8,20H2,1H3. The van der Waals surface area contributed by atoms with E-state index >= 15 is 0 Å². The minimum Gasteiger partial charge on any atom is -0.496 e. The first-order valence-corrected chi connectivity index (χ1v) is 9.55. The summed E-state index contributed by atoms with van der Waals surface area (Å²) in [5.41, 5.74) is 6.59. The molecule has 0 radical (unpaired) electrons. The maximum Gasteiger partial charge on any atom is 0.338 e. The maximum atomic E-state index is 12.2. The van der Waals surface area contributed by atoms with E-state index in [4.69, 9.17) is 15.2 Å². The average molecular weight is 464 g/mol. The highest BCUT2D eigenvalue weighted by atomic mass is 79.9. The van der Waals surface area contributed by atoms with Gasteiger partial charge in [0.15, 0.2) is 0 Å². The normalized spacial score (nSPS) is 10.5. The minimum atomic E-state index is -0.697. The van der Waals surface area contributed by atoms with Crippen LogP contribution in [0.15, 0.2) is 46.3 Å². The van der Waals surface area contributed by atoms with Crippen LogP contribution in [-0.4, -0.2) is 23.0 Å². The highest BCUT2D eigenvalue weighted by Crippen LogP contribution is 2.34. The Morgan fingerprint density at radius 2 is 2.11 bits per heavy atom. The molecule has 1 heterocycles. The van der Waals surface area contributed by atoms with E-state index in [1.54, 1.807) is 12.5 Å². The molecule has 0 aliphatic heterocycles. The number of nitrogens with two attached hydrogens (primary N) is 1. The van der Waals surface area contributed by atoms with Crippen molar-refractivity contribution in [3.8, 4) is 16.3 Å². The summed E-state index contributed by atoms with van der Waals surface area (Å²) in [5.74, 6) is -0.0204. The van der Waals surface area contributed by atoms with Gasteiger partial charge in [-0.15, -0.1) is 11.3 Å². The van der Waals surface area contributed by atoms with E-state index in [2.05, 4.69) is 20.9 Å². The number of hydrogen-bond donors (Lipinski definition) is 1. The Morgan fingerprint density at radius 1 is 1.32 bits per heavy atom. The van der Waals surface area contributed by atoms with Crippen molar-refractivity contribution in [3.63, 3.8) is 0 Å². The van der Waals surface area contributed by atoms with Crippen LogP contribution >= 0.6 is 27.3 Å². The fraction of sp³-hybridized carbons (Fsp3) is 0.111. The second-order valence-electron chi connectivity index (χ2n) is 5.60. The van der Waals surface area contributed by atoms with Gasteiger partial charge in [-0.2, -0.15) is 0 Å². The molecule has 0 saturated heterocycles. The number of hydrogen-bond acceptors (Lipinski definition) is 8. The van der Waals surface area contributed by atoms with Crippen LogP contribution in [-0.2, 0) is 11.3 Å². The topological polar surface area (TPSA) is 118 Å². The van der Waals surface area contributed by atoms with Crippen molar-refractivity contribution in [3.05, 3.63) is 67.6 Å². The molecule has 1 aromatic heterocycles. The van der Waals surface area contributed by atoms with Gasteiger partial charge in [0.25, 0.3) is 5.69 Å². The predicted molar refractivity (Wildman–Crippen MR) is 108 cm³/mol. The maximum absolute atomic E-state index is 12.2. The zero-order chi connectivity index (χ0) is 20.3.